The van der Waals surface area contributed by atoms with Crippen molar-refractivity contribution >= 4 is 0 Å². The van der Waals surface area contributed by atoms with Crippen molar-refractivity contribution in [1.29, 1.82) is 0 Å². The van der Waals surface area contributed by atoms with Crippen molar-refractivity contribution in [3.05, 3.63) is 35.5 Å². The van der Waals surface area contributed by atoms with Crippen LogP contribution < -0.4 is 0 Å². The van der Waals surface area contributed by atoms with E-state index in [1.807, 2.05) is 13.1 Å². The lowest BCUT2D eigenvalue weighted by molar-refractivity contribution is -0.138. The van der Waals surface area contributed by atoms with E-state index in [1.54, 1.807) is 7.11 Å². The fraction of sp³-hybridized carbons (Fsp3) is 0.600. The van der Waals surface area contributed by atoms with Crippen LogP contribution in [0.4, 0.5) is 13.2 Å². The first-order valence-electron chi connectivity index (χ1n) is 9.66. The molecule has 2 aliphatic rings. The van der Waals surface area contributed by atoms with Gasteiger partial charge in [-0.05, 0) is 24.8 Å². The van der Waals surface area contributed by atoms with Crippen LogP contribution in [0.1, 0.15) is 30.0 Å². The van der Waals surface area contributed by atoms with E-state index in [2.05, 4.69) is 19.4 Å². The molecule has 0 spiro atoms. The van der Waals surface area contributed by atoms with Gasteiger partial charge < -0.3 is 14.2 Å². The molecule has 152 valence electrons. The van der Waals surface area contributed by atoms with Crippen molar-refractivity contribution in [2.45, 2.75) is 32.5 Å². The highest BCUT2D eigenvalue weighted by molar-refractivity contribution is 5.59. The first-order chi connectivity index (χ1) is 13.3. The van der Waals surface area contributed by atoms with Crippen LogP contribution in [0.2, 0.25) is 0 Å². The van der Waals surface area contributed by atoms with Gasteiger partial charge in [0.25, 0.3) is 0 Å². The van der Waals surface area contributed by atoms with E-state index >= 15 is 0 Å². The number of imidazole rings is 1. The fourth-order valence-corrected chi connectivity index (χ4v) is 4.45. The van der Waals surface area contributed by atoms with Gasteiger partial charge in [-0.2, -0.15) is 13.2 Å². The van der Waals surface area contributed by atoms with Crippen LogP contribution in [0.5, 0.6) is 0 Å². The Hall–Kier alpha value is -1.93. The third-order valence-electron chi connectivity index (χ3n) is 5.97. The highest BCUT2D eigenvalue weighted by Gasteiger charge is 2.57. The molecule has 0 unspecified atom stereocenters. The predicted molar refractivity (Wildman–Crippen MR) is 98.9 cm³/mol. The number of nitrogens with zero attached hydrogens (tertiary/aromatic N) is 4. The quantitative estimate of drug-likeness (QED) is 0.751. The lowest BCUT2D eigenvalue weighted by atomic mass is 10.1. The standard InChI is InChI=1S/C20H25F3N4O/c1-4-18-25-17(13-7-16(20(21,22)23)12(2)24-8-13)11-27(18)19-14-9-26(5-6-28-3)10-15(14)19/h7-8,11,14-15,19H,4-6,9-10H2,1-3H3/t14-,15+,19+. The number of hydrogen-bond acceptors (Lipinski definition) is 4. The maximum Gasteiger partial charge on any atom is 0.418 e. The minimum Gasteiger partial charge on any atom is -0.383 e. The molecule has 2 aromatic heterocycles. The zero-order valence-electron chi connectivity index (χ0n) is 16.3. The van der Waals surface area contributed by atoms with E-state index in [0.717, 1.165) is 44.6 Å². The molecule has 2 fully saturated rings. The van der Waals surface area contributed by atoms with Crippen molar-refractivity contribution in [3.8, 4) is 11.3 Å². The van der Waals surface area contributed by atoms with Gasteiger partial charge in [-0.1, -0.05) is 6.92 Å². The third kappa shape index (κ3) is 3.43. The number of alkyl halides is 3. The van der Waals surface area contributed by atoms with Crippen molar-refractivity contribution in [1.82, 2.24) is 19.4 Å². The molecule has 0 bridgehead atoms. The summed E-state index contributed by atoms with van der Waals surface area (Å²) >= 11 is 0. The summed E-state index contributed by atoms with van der Waals surface area (Å²) in [4.78, 5) is 11.0. The molecular weight excluding hydrogens is 369 g/mol. The van der Waals surface area contributed by atoms with E-state index in [4.69, 9.17) is 4.74 Å². The summed E-state index contributed by atoms with van der Waals surface area (Å²) in [6, 6.07) is 1.56. The first-order valence-corrected chi connectivity index (χ1v) is 9.66. The number of pyridine rings is 1. The Balaban J connectivity index is 1.56. The lowest BCUT2D eigenvalue weighted by Crippen LogP contribution is -2.28. The number of ether oxygens (including phenoxy) is 1. The number of hydrogen-bond donors (Lipinski definition) is 0. The molecule has 4 rings (SSSR count). The summed E-state index contributed by atoms with van der Waals surface area (Å²) < 4.78 is 47.0. The molecule has 0 radical (unpaired) electrons. The highest BCUT2D eigenvalue weighted by atomic mass is 19.4. The minimum absolute atomic E-state index is 0.0146. The molecular formula is C20H25F3N4O. The maximum absolute atomic E-state index is 13.2. The molecule has 3 heterocycles. The van der Waals surface area contributed by atoms with Gasteiger partial charge in [-0.15, -0.1) is 0 Å². The molecule has 1 saturated heterocycles. The summed E-state index contributed by atoms with van der Waals surface area (Å²) in [5.41, 5.74) is 0.268. The Kier molecular flexibility index (Phi) is 4.95. The minimum atomic E-state index is -4.41. The summed E-state index contributed by atoms with van der Waals surface area (Å²) in [6.45, 7) is 7.17. The van der Waals surface area contributed by atoms with Gasteiger partial charge in [0.15, 0.2) is 0 Å². The predicted octanol–water partition coefficient (Wildman–Crippen LogP) is 3.58. The van der Waals surface area contributed by atoms with Crippen LogP contribution in [0.3, 0.4) is 0 Å². The van der Waals surface area contributed by atoms with Crippen LogP contribution in [0, 0.1) is 18.8 Å². The van der Waals surface area contributed by atoms with Gasteiger partial charge in [0.05, 0.1) is 17.9 Å². The van der Waals surface area contributed by atoms with Gasteiger partial charge in [-0.3, -0.25) is 4.98 Å². The molecule has 0 aromatic carbocycles. The third-order valence-corrected chi connectivity index (χ3v) is 5.97. The second-order valence-electron chi connectivity index (χ2n) is 7.73. The van der Waals surface area contributed by atoms with Gasteiger partial charge in [0.1, 0.15) is 5.82 Å². The molecule has 0 N–H and O–H groups in total. The van der Waals surface area contributed by atoms with Crippen LogP contribution in [-0.2, 0) is 17.3 Å². The molecule has 3 atom stereocenters. The zero-order chi connectivity index (χ0) is 20.1. The van der Waals surface area contributed by atoms with Crippen molar-refractivity contribution in [3.63, 3.8) is 0 Å². The molecule has 1 aliphatic heterocycles. The Morgan fingerprint density at radius 2 is 1.96 bits per heavy atom. The summed E-state index contributed by atoms with van der Waals surface area (Å²) in [5.74, 6) is 2.10. The molecule has 1 aliphatic carbocycles. The number of aromatic nitrogens is 3. The van der Waals surface area contributed by atoms with Crippen molar-refractivity contribution in [2.75, 3.05) is 33.4 Å². The van der Waals surface area contributed by atoms with E-state index in [0.29, 0.717) is 29.1 Å². The maximum atomic E-state index is 13.2. The van der Waals surface area contributed by atoms with E-state index < -0.39 is 11.7 Å². The number of fused-ring (bicyclic) bond motifs is 1. The summed E-state index contributed by atoms with van der Waals surface area (Å²) in [6.07, 6.45) is -0.276. The lowest BCUT2D eigenvalue weighted by Gasteiger charge is -2.19. The molecule has 8 heteroatoms. The second kappa shape index (κ2) is 7.15. The highest BCUT2D eigenvalue weighted by Crippen LogP contribution is 2.55. The van der Waals surface area contributed by atoms with E-state index in [1.165, 1.54) is 13.1 Å². The van der Waals surface area contributed by atoms with Gasteiger partial charge in [0.2, 0.25) is 0 Å². The fourth-order valence-electron chi connectivity index (χ4n) is 4.45. The zero-order valence-corrected chi connectivity index (χ0v) is 16.3. The number of likely N-dealkylation sites (tertiary alicyclic amines) is 1. The number of methoxy groups -OCH3 is 1. The van der Waals surface area contributed by atoms with Crippen molar-refractivity contribution in [2.24, 2.45) is 11.8 Å². The Morgan fingerprint density at radius 3 is 2.57 bits per heavy atom. The first kappa shape index (κ1) is 19.4. The normalized spacial score (nSPS) is 24.6. The largest absolute Gasteiger partial charge is 0.418 e. The molecule has 28 heavy (non-hydrogen) atoms. The number of piperidine rings is 1. The Morgan fingerprint density at radius 1 is 1.25 bits per heavy atom. The van der Waals surface area contributed by atoms with Crippen LogP contribution in [0.15, 0.2) is 18.5 Å². The molecule has 5 nitrogen and oxygen atoms in total. The van der Waals surface area contributed by atoms with E-state index in [-0.39, 0.29) is 5.69 Å². The molecule has 1 saturated carbocycles. The van der Waals surface area contributed by atoms with E-state index in [9.17, 15) is 13.2 Å². The Bertz CT molecular complexity index is 852. The SMILES string of the molecule is CCc1nc(-c2cnc(C)c(C(F)(F)F)c2)cn1[C@H]1[C@@H]2CN(CCOC)C[C@@H]21. The Labute approximate surface area is 162 Å². The summed E-state index contributed by atoms with van der Waals surface area (Å²) in [7, 11) is 1.71. The van der Waals surface area contributed by atoms with Gasteiger partial charge in [0, 0.05) is 62.9 Å². The molecule has 2 aromatic rings. The average Bonchev–Trinajstić information content (AvgIpc) is 3.00. The van der Waals surface area contributed by atoms with Crippen LogP contribution >= 0.6 is 0 Å². The van der Waals surface area contributed by atoms with Gasteiger partial charge >= 0.3 is 6.18 Å². The topological polar surface area (TPSA) is 43.2 Å². The number of rotatable bonds is 6. The monoisotopic (exact) mass is 394 g/mol. The van der Waals surface area contributed by atoms with Crippen LogP contribution in [-0.4, -0.2) is 52.8 Å². The van der Waals surface area contributed by atoms with Crippen molar-refractivity contribution < 1.29 is 17.9 Å². The second-order valence-corrected chi connectivity index (χ2v) is 7.73. The smallest absolute Gasteiger partial charge is 0.383 e. The number of aryl methyl sites for hydroxylation is 2. The summed E-state index contributed by atoms with van der Waals surface area (Å²) in [5, 5.41) is 0. The van der Waals surface area contributed by atoms with Crippen LogP contribution in [0.25, 0.3) is 11.3 Å². The molecule has 0 amide bonds. The average molecular weight is 394 g/mol. The number of halogens is 3. The van der Waals surface area contributed by atoms with Gasteiger partial charge in [-0.25, -0.2) is 4.98 Å².